The van der Waals surface area contributed by atoms with Gasteiger partial charge in [0, 0.05) is 12.7 Å². The highest BCUT2D eigenvalue weighted by molar-refractivity contribution is 7.87. The Morgan fingerprint density at radius 2 is 1.61 bits per heavy atom. The van der Waals surface area contributed by atoms with Crippen LogP contribution >= 0.6 is 0 Å². The number of aromatic nitrogens is 2. The third-order valence-corrected chi connectivity index (χ3v) is 5.63. The fraction of sp³-hybridized carbons (Fsp3) is 0.200. The Morgan fingerprint density at radius 3 is 2.16 bits per heavy atom. The second-order valence-electron chi connectivity index (χ2n) is 6.61. The molecule has 3 aromatic rings. The summed E-state index contributed by atoms with van der Waals surface area (Å²) in [7, 11) is -1.26. The minimum Gasteiger partial charge on any atom is -0.497 e. The summed E-state index contributed by atoms with van der Waals surface area (Å²) in [5.41, 5.74) is 0.750. The van der Waals surface area contributed by atoms with Gasteiger partial charge in [-0.3, -0.25) is 10.1 Å². The molecule has 0 aliphatic carbocycles. The van der Waals surface area contributed by atoms with E-state index in [1.165, 1.54) is 31.1 Å². The molecular formula is C20H20N4O6S. The molecule has 1 heterocycles. The van der Waals surface area contributed by atoms with Gasteiger partial charge in [0.15, 0.2) is 0 Å². The Hall–Kier alpha value is -3.73. The Kier molecular flexibility index (Phi) is 6.07. The quantitative estimate of drug-likeness (QED) is 0.305. The van der Waals surface area contributed by atoms with E-state index in [1.54, 1.807) is 50.4 Å². The molecule has 31 heavy (non-hydrogen) atoms. The normalized spacial score (nSPS) is 11.1. The topological polar surface area (TPSA) is 125 Å². The maximum Gasteiger partial charge on any atom is 0.374 e. The maximum absolute atomic E-state index is 12.7. The predicted octanol–water partition coefficient (Wildman–Crippen LogP) is 3.55. The zero-order valence-electron chi connectivity index (χ0n) is 17.3. The van der Waals surface area contributed by atoms with E-state index in [0.29, 0.717) is 11.4 Å². The number of rotatable bonds is 7. The molecule has 11 heteroatoms. The standard InChI is InChI=1S/C20H20N4O6S/c1-13-5-11-17(12-6-13)31(27,28)30-20-18(24(25)26)19(21-14(2)22-20)23(3)15-7-9-16(29-4)10-8-15/h5-12H,1-4H3. The van der Waals surface area contributed by atoms with Crippen molar-refractivity contribution in [2.75, 3.05) is 19.1 Å². The number of aryl methyl sites for hydroxylation is 2. The van der Waals surface area contributed by atoms with Crippen LogP contribution in [0.5, 0.6) is 11.6 Å². The number of ether oxygens (including phenoxy) is 1. The Morgan fingerprint density at radius 1 is 1.00 bits per heavy atom. The second kappa shape index (κ2) is 8.56. The van der Waals surface area contributed by atoms with Gasteiger partial charge in [0.2, 0.25) is 5.82 Å². The average molecular weight is 444 g/mol. The number of nitro groups is 1. The molecule has 0 saturated heterocycles. The third-order valence-electron chi connectivity index (χ3n) is 4.40. The van der Waals surface area contributed by atoms with Crippen molar-refractivity contribution >= 4 is 27.3 Å². The van der Waals surface area contributed by atoms with Gasteiger partial charge >= 0.3 is 21.7 Å². The Bertz CT molecular complexity index is 1210. The van der Waals surface area contributed by atoms with Crippen molar-refractivity contribution in [1.82, 2.24) is 9.97 Å². The molecule has 0 saturated carbocycles. The number of anilines is 2. The molecule has 162 valence electrons. The van der Waals surface area contributed by atoms with Crippen LogP contribution in [0.15, 0.2) is 53.4 Å². The lowest BCUT2D eigenvalue weighted by Crippen LogP contribution is -2.18. The summed E-state index contributed by atoms with van der Waals surface area (Å²) in [6, 6.07) is 12.6. The van der Waals surface area contributed by atoms with Gasteiger partial charge in [-0.25, -0.2) is 4.98 Å². The summed E-state index contributed by atoms with van der Waals surface area (Å²) in [4.78, 5) is 20.4. The largest absolute Gasteiger partial charge is 0.497 e. The molecule has 0 N–H and O–H groups in total. The van der Waals surface area contributed by atoms with Crippen LogP contribution in [0.1, 0.15) is 11.4 Å². The fourth-order valence-corrected chi connectivity index (χ4v) is 3.65. The van der Waals surface area contributed by atoms with Crippen molar-refractivity contribution in [3.63, 3.8) is 0 Å². The van der Waals surface area contributed by atoms with Crippen molar-refractivity contribution in [3.05, 3.63) is 70.0 Å². The van der Waals surface area contributed by atoms with Crippen molar-refractivity contribution in [2.45, 2.75) is 18.7 Å². The molecule has 0 spiro atoms. The predicted molar refractivity (Wildman–Crippen MR) is 113 cm³/mol. The van der Waals surface area contributed by atoms with E-state index in [4.69, 9.17) is 8.92 Å². The summed E-state index contributed by atoms with van der Waals surface area (Å²) in [5.74, 6) is -0.0565. The number of hydrogen-bond donors (Lipinski definition) is 0. The van der Waals surface area contributed by atoms with E-state index in [2.05, 4.69) is 9.97 Å². The first-order chi connectivity index (χ1) is 14.6. The van der Waals surface area contributed by atoms with Crippen molar-refractivity contribution in [3.8, 4) is 11.6 Å². The molecule has 0 fully saturated rings. The zero-order chi connectivity index (χ0) is 22.8. The van der Waals surface area contributed by atoms with Gasteiger partial charge in [-0.1, -0.05) is 17.7 Å². The van der Waals surface area contributed by atoms with Crippen LogP contribution in [0.4, 0.5) is 17.2 Å². The lowest BCUT2D eigenvalue weighted by Gasteiger charge is -2.19. The molecule has 2 aromatic carbocycles. The van der Waals surface area contributed by atoms with Gasteiger partial charge in [0.1, 0.15) is 16.5 Å². The average Bonchev–Trinajstić information content (AvgIpc) is 2.72. The molecule has 0 atom stereocenters. The highest BCUT2D eigenvalue weighted by atomic mass is 32.2. The smallest absolute Gasteiger partial charge is 0.374 e. The van der Waals surface area contributed by atoms with E-state index in [1.807, 2.05) is 0 Å². The molecular weight excluding hydrogens is 424 g/mol. The lowest BCUT2D eigenvalue weighted by atomic mass is 10.2. The van der Waals surface area contributed by atoms with Gasteiger partial charge < -0.3 is 13.8 Å². The monoisotopic (exact) mass is 444 g/mol. The molecule has 0 amide bonds. The van der Waals surface area contributed by atoms with E-state index < -0.39 is 26.6 Å². The van der Waals surface area contributed by atoms with Gasteiger partial charge in [0.05, 0.1) is 12.0 Å². The first-order valence-corrected chi connectivity index (χ1v) is 10.4. The minimum absolute atomic E-state index is 0.107. The lowest BCUT2D eigenvalue weighted by molar-refractivity contribution is -0.385. The van der Waals surface area contributed by atoms with Crippen LogP contribution < -0.4 is 13.8 Å². The first kappa shape index (κ1) is 22.0. The molecule has 0 bridgehead atoms. The summed E-state index contributed by atoms with van der Waals surface area (Å²) in [6.07, 6.45) is 0. The van der Waals surface area contributed by atoms with Crippen molar-refractivity contribution in [1.29, 1.82) is 0 Å². The van der Waals surface area contributed by atoms with E-state index in [9.17, 15) is 18.5 Å². The first-order valence-electron chi connectivity index (χ1n) is 9.04. The van der Waals surface area contributed by atoms with Gasteiger partial charge in [-0.15, -0.1) is 0 Å². The molecule has 3 rings (SSSR count). The second-order valence-corrected chi connectivity index (χ2v) is 8.16. The summed E-state index contributed by atoms with van der Waals surface area (Å²) >= 11 is 0. The summed E-state index contributed by atoms with van der Waals surface area (Å²) in [5, 5.41) is 11.9. The summed E-state index contributed by atoms with van der Waals surface area (Å²) in [6.45, 7) is 3.29. The van der Waals surface area contributed by atoms with Crippen LogP contribution in [0.3, 0.4) is 0 Å². The van der Waals surface area contributed by atoms with Gasteiger partial charge in [-0.2, -0.15) is 13.4 Å². The molecule has 0 aliphatic rings. The number of methoxy groups -OCH3 is 1. The Balaban J connectivity index is 2.08. The number of nitrogens with zero attached hydrogens (tertiary/aromatic N) is 4. The number of benzene rings is 2. The highest BCUT2D eigenvalue weighted by Gasteiger charge is 2.32. The van der Waals surface area contributed by atoms with Crippen LogP contribution in [0.25, 0.3) is 0 Å². The third kappa shape index (κ3) is 4.72. The minimum atomic E-state index is -4.35. The van der Waals surface area contributed by atoms with E-state index in [0.717, 1.165) is 5.56 Å². The fourth-order valence-electron chi connectivity index (χ4n) is 2.76. The van der Waals surface area contributed by atoms with Gasteiger partial charge in [0.25, 0.3) is 0 Å². The highest BCUT2D eigenvalue weighted by Crippen LogP contribution is 2.38. The van der Waals surface area contributed by atoms with E-state index >= 15 is 0 Å². The van der Waals surface area contributed by atoms with Gasteiger partial charge in [-0.05, 0) is 50.2 Å². The number of hydrogen-bond acceptors (Lipinski definition) is 9. The molecule has 0 aliphatic heterocycles. The van der Waals surface area contributed by atoms with Crippen LogP contribution in [0.2, 0.25) is 0 Å². The Labute approximate surface area is 179 Å². The van der Waals surface area contributed by atoms with Crippen molar-refractivity contribution in [2.24, 2.45) is 0 Å². The van der Waals surface area contributed by atoms with E-state index in [-0.39, 0.29) is 16.5 Å². The van der Waals surface area contributed by atoms with Crippen LogP contribution in [-0.2, 0) is 10.1 Å². The SMILES string of the molecule is COc1ccc(N(C)c2nc(C)nc(OS(=O)(=O)c3ccc(C)cc3)c2[N+](=O)[O-])cc1. The summed E-state index contributed by atoms with van der Waals surface area (Å²) < 4.78 is 35.6. The van der Waals surface area contributed by atoms with Crippen molar-refractivity contribution < 1.29 is 22.3 Å². The zero-order valence-corrected chi connectivity index (χ0v) is 18.1. The van der Waals surface area contributed by atoms with Crippen LogP contribution in [-0.4, -0.2) is 37.5 Å². The van der Waals surface area contributed by atoms with Crippen LogP contribution in [0, 0.1) is 24.0 Å². The molecule has 0 radical (unpaired) electrons. The molecule has 10 nitrogen and oxygen atoms in total. The molecule has 1 aromatic heterocycles. The maximum atomic E-state index is 12.7. The molecule has 0 unspecified atom stereocenters.